The maximum Gasteiger partial charge on any atom is 0.319 e. The van der Waals surface area contributed by atoms with Crippen molar-refractivity contribution in [3.8, 4) is 17.2 Å². The first-order chi connectivity index (χ1) is 12.0. The number of nitrogens with one attached hydrogen (secondary N) is 2. The van der Waals surface area contributed by atoms with E-state index in [0.717, 1.165) is 0 Å². The van der Waals surface area contributed by atoms with E-state index in [1.165, 1.54) is 32.4 Å². The van der Waals surface area contributed by atoms with Gasteiger partial charge in [-0.25, -0.2) is 9.18 Å². The Hall–Kier alpha value is -2.67. The van der Waals surface area contributed by atoms with Crippen LogP contribution in [0.4, 0.5) is 14.9 Å². The van der Waals surface area contributed by atoms with Crippen LogP contribution in [0.15, 0.2) is 36.4 Å². The molecule has 25 heavy (non-hydrogen) atoms. The molecule has 0 atom stereocenters. The Labute approximate surface area is 149 Å². The molecule has 2 aromatic rings. The van der Waals surface area contributed by atoms with Crippen LogP contribution >= 0.6 is 11.6 Å². The standard InChI is InChI=1S/C17H18ClFN2O4/c1-23-14-4-3-5-15(16(14)24-2)25-9-8-20-17(22)21-11-6-7-13(19)12(18)10-11/h3-7,10H,8-9H2,1-2H3,(H2,20,21,22). The van der Waals surface area contributed by atoms with Crippen molar-refractivity contribution in [2.75, 3.05) is 32.7 Å². The van der Waals surface area contributed by atoms with E-state index in [1.807, 2.05) is 0 Å². The number of rotatable bonds is 7. The fourth-order valence-corrected chi connectivity index (χ4v) is 2.23. The van der Waals surface area contributed by atoms with E-state index in [0.29, 0.717) is 22.9 Å². The molecule has 0 spiro atoms. The third-order valence-corrected chi connectivity index (χ3v) is 3.48. The third-order valence-electron chi connectivity index (χ3n) is 3.19. The zero-order valence-electron chi connectivity index (χ0n) is 13.8. The first-order valence-corrected chi connectivity index (χ1v) is 7.76. The number of anilines is 1. The Morgan fingerprint density at radius 2 is 1.92 bits per heavy atom. The molecule has 0 bridgehead atoms. The molecular weight excluding hydrogens is 351 g/mol. The van der Waals surface area contributed by atoms with E-state index >= 15 is 0 Å². The van der Waals surface area contributed by atoms with Gasteiger partial charge in [-0.05, 0) is 30.3 Å². The molecule has 8 heteroatoms. The predicted molar refractivity (Wildman–Crippen MR) is 93.5 cm³/mol. The Morgan fingerprint density at radius 1 is 1.16 bits per heavy atom. The molecule has 2 N–H and O–H groups in total. The number of carbonyl (C=O) groups excluding carboxylic acids is 1. The van der Waals surface area contributed by atoms with Gasteiger partial charge in [0.15, 0.2) is 11.5 Å². The summed E-state index contributed by atoms with van der Waals surface area (Å²) in [6, 6.07) is 8.73. The van der Waals surface area contributed by atoms with Gasteiger partial charge in [0.25, 0.3) is 0 Å². The van der Waals surface area contributed by atoms with E-state index in [2.05, 4.69) is 10.6 Å². The molecule has 0 unspecified atom stereocenters. The number of hydrogen-bond donors (Lipinski definition) is 2. The quantitative estimate of drug-likeness (QED) is 0.731. The van der Waals surface area contributed by atoms with Gasteiger partial charge in [-0.2, -0.15) is 0 Å². The number of hydrogen-bond acceptors (Lipinski definition) is 4. The van der Waals surface area contributed by atoms with E-state index in [1.54, 1.807) is 18.2 Å². The summed E-state index contributed by atoms with van der Waals surface area (Å²) in [4.78, 5) is 11.8. The zero-order valence-corrected chi connectivity index (χ0v) is 14.5. The molecule has 0 saturated carbocycles. The fourth-order valence-electron chi connectivity index (χ4n) is 2.05. The van der Waals surface area contributed by atoms with Crippen molar-refractivity contribution in [1.29, 1.82) is 0 Å². The normalized spacial score (nSPS) is 10.1. The largest absolute Gasteiger partial charge is 0.493 e. The van der Waals surface area contributed by atoms with Crippen LogP contribution in [-0.4, -0.2) is 33.4 Å². The monoisotopic (exact) mass is 368 g/mol. The third kappa shape index (κ3) is 5.15. The molecule has 134 valence electrons. The van der Waals surface area contributed by atoms with Gasteiger partial charge < -0.3 is 24.8 Å². The Bertz CT molecular complexity index is 743. The maximum atomic E-state index is 13.1. The molecule has 0 aliphatic heterocycles. The van der Waals surface area contributed by atoms with Crippen LogP contribution in [0.1, 0.15) is 0 Å². The van der Waals surface area contributed by atoms with E-state index in [-0.39, 0.29) is 18.2 Å². The van der Waals surface area contributed by atoms with Crippen molar-refractivity contribution in [3.05, 3.63) is 47.2 Å². The lowest BCUT2D eigenvalue weighted by Gasteiger charge is -2.14. The van der Waals surface area contributed by atoms with Gasteiger partial charge in [-0.1, -0.05) is 17.7 Å². The average Bonchev–Trinajstić information content (AvgIpc) is 2.61. The molecular formula is C17H18ClFN2O4. The molecule has 0 aliphatic rings. The zero-order chi connectivity index (χ0) is 18.2. The molecule has 0 aliphatic carbocycles. The lowest BCUT2D eigenvalue weighted by Crippen LogP contribution is -2.32. The highest BCUT2D eigenvalue weighted by atomic mass is 35.5. The van der Waals surface area contributed by atoms with Crippen LogP contribution in [0.3, 0.4) is 0 Å². The Kier molecular flexibility index (Phi) is 6.71. The number of amides is 2. The second-order valence-corrected chi connectivity index (χ2v) is 5.26. The number of methoxy groups -OCH3 is 2. The van der Waals surface area contributed by atoms with Crippen LogP contribution in [0.25, 0.3) is 0 Å². The lowest BCUT2D eigenvalue weighted by atomic mass is 10.3. The number of carbonyl (C=O) groups is 1. The van der Waals surface area contributed by atoms with Gasteiger partial charge in [-0.3, -0.25) is 0 Å². The number of urea groups is 1. The Balaban J connectivity index is 1.81. The number of ether oxygens (including phenoxy) is 3. The average molecular weight is 369 g/mol. The van der Waals surface area contributed by atoms with E-state index in [9.17, 15) is 9.18 Å². The molecule has 0 fully saturated rings. The first-order valence-electron chi connectivity index (χ1n) is 7.39. The van der Waals surface area contributed by atoms with Crippen LogP contribution in [-0.2, 0) is 0 Å². The summed E-state index contributed by atoms with van der Waals surface area (Å²) in [7, 11) is 3.06. The first kappa shape index (κ1) is 18.7. The minimum Gasteiger partial charge on any atom is -0.493 e. The van der Waals surface area contributed by atoms with Gasteiger partial charge >= 0.3 is 6.03 Å². The molecule has 2 amide bonds. The summed E-state index contributed by atoms with van der Waals surface area (Å²) in [6.07, 6.45) is 0. The summed E-state index contributed by atoms with van der Waals surface area (Å²) < 4.78 is 29.1. The van der Waals surface area contributed by atoms with Gasteiger partial charge in [0.1, 0.15) is 12.4 Å². The van der Waals surface area contributed by atoms with Crippen molar-refractivity contribution in [2.45, 2.75) is 0 Å². The van der Waals surface area contributed by atoms with Crippen LogP contribution in [0.5, 0.6) is 17.2 Å². The maximum absolute atomic E-state index is 13.1. The minimum absolute atomic E-state index is 0.0637. The summed E-state index contributed by atoms with van der Waals surface area (Å²) in [6.45, 7) is 0.474. The molecule has 0 aromatic heterocycles. The van der Waals surface area contributed by atoms with Crippen molar-refractivity contribution in [1.82, 2.24) is 5.32 Å². The highest BCUT2D eigenvalue weighted by Crippen LogP contribution is 2.36. The number of halogens is 2. The summed E-state index contributed by atoms with van der Waals surface area (Å²) in [5.74, 6) is 0.997. The highest BCUT2D eigenvalue weighted by molar-refractivity contribution is 6.31. The summed E-state index contributed by atoms with van der Waals surface area (Å²) in [5.41, 5.74) is 0.388. The predicted octanol–water partition coefficient (Wildman–Crippen LogP) is 3.70. The fraction of sp³-hybridized carbons (Fsp3) is 0.235. The molecule has 2 rings (SSSR count). The molecule has 0 saturated heterocycles. The number of benzene rings is 2. The lowest BCUT2D eigenvalue weighted by molar-refractivity contribution is 0.245. The topological polar surface area (TPSA) is 68.8 Å². The van der Waals surface area contributed by atoms with E-state index in [4.69, 9.17) is 25.8 Å². The number of para-hydroxylation sites is 1. The highest BCUT2D eigenvalue weighted by Gasteiger charge is 2.10. The summed E-state index contributed by atoms with van der Waals surface area (Å²) in [5, 5.41) is 5.10. The van der Waals surface area contributed by atoms with Gasteiger partial charge in [0, 0.05) is 5.69 Å². The molecule has 6 nitrogen and oxygen atoms in total. The second-order valence-electron chi connectivity index (χ2n) is 4.85. The van der Waals surface area contributed by atoms with Crippen LogP contribution in [0.2, 0.25) is 5.02 Å². The van der Waals surface area contributed by atoms with Gasteiger partial charge in [0.05, 0.1) is 25.8 Å². The van der Waals surface area contributed by atoms with Crippen LogP contribution in [0, 0.1) is 5.82 Å². The smallest absolute Gasteiger partial charge is 0.319 e. The van der Waals surface area contributed by atoms with Crippen molar-refractivity contribution >= 4 is 23.3 Å². The van der Waals surface area contributed by atoms with E-state index < -0.39 is 11.8 Å². The van der Waals surface area contributed by atoms with Crippen molar-refractivity contribution in [3.63, 3.8) is 0 Å². The molecule has 0 heterocycles. The summed E-state index contributed by atoms with van der Waals surface area (Å²) >= 11 is 5.66. The van der Waals surface area contributed by atoms with Gasteiger partial charge in [0.2, 0.25) is 5.75 Å². The SMILES string of the molecule is COc1cccc(OCCNC(=O)Nc2ccc(F)c(Cl)c2)c1OC. The van der Waals surface area contributed by atoms with Crippen molar-refractivity contribution < 1.29 is 23.4 Å². The van der Waals surface area contributed by atoms with Crippen molar-refractivity contribution in [2.24, 2.45) is 0 Å². The molecule has 2 aromatic carbocycles. The van der Waals surface area contributed by atoms with Gasteiger partial charge in [-0.15, -0.1) is 0 Å². The second kappa shape index (κ2) is 8.98. The molecule has 0 radical (unpaired) electrons. The minimum atomic E-state index is -0.548. The Morgan fingerprint density at radius 3 is 2.60 bits per heavy atom. The van der Waals surface area contributed by atoms with Crippen LogP contribution < -0.4 is 24.8 Å².